The number of imidazole rings is 1. The zero-order valence-electron chi connectivity index (χ0n) is 18.8. The van der Waals surface area contributed by atoms with E-state index in [0.29, 0.717) is 37.6 Å². The van der Waals surface area contributed by atoms with Gasteiger partial charge in [-0.25, -0.2) is 12.8 Å². The van der Waals surface area contributed by atoms with Gasteiger partial charge in [0, 0.05) is 31.9 Å². The Hall–Kier alpha value is -2.85. The summed E-state index contributed by atoms with van der Waals surface area (Å²) in [6.45, 7) is 4.51. The fourth-order valence-electron chi connectivity index (χ4n) is 4.36. The van der Waals surface area contributed by atoms with E-state index in [0.717, 1.165) is 16.7 Å². The summed E-state index contributed by atoms with van der Waals surface area (Å²) in [5.74, 6) is -0.453. The van der Waals surface area contributed by atoms with Crippen LogP contribution in [0.1, 0.15) is 5.56 Å². The van der Waals surface area contributed by atoms with Crippen LogP contribution in [0.15, 0.2) is 77.7 Å². The molecule has 34 heavy (non-hydrogen) atoms. The number of hydrogen-bond donors (Lipinski definition) is 0. The molecule has 1 fully saturated rings. The molecule has 9 heteroatoms. The van der Waals surface area contributed by atoms with Gasteiger partial charge in [0.05, 0.1) is 22.6 Å². The predicted octanol–water partition coefficient (Wildman–Crippen LogP) is 4.57. The van der Waals surface area contributed by atoms with Crippen LogP contribution in [-0.4, -0.2) is 52.9 Å². The smallest absolute Gasteiger partial charge is 0.243 e. The molecule has 3 aromatic carbocycles. The van der Waals surface area contributed by atoms with E-state index in [9.17, 15) is 12.8 Å². The number of aryl methyl sites for hydroxylation is 1. The van der Waals surface area contributed by atoms with Gasteiger partial charge < -0.3 is 4.57 Å². The SMILES string of the molecule is Cc1ccc(-n2c(=S)n(CN3CCN(S(=O)(=O)c4ccc(F)cc4)CC3)c3ccccc32)cc1. The van der Waals surface area contributed by atoms with Crippen molar-refractivity contribution in [2.24, 2.45) is 0 Å². The normalized spacial score (nSPS) is 15.7. The molecule has 1 aliphatic heterocycles. The zero-order valence-corrected chi connectivity index (χ0v) is 20.4. The Morgan fingerprint density at radius 2 is 1.47 bits per heavy atom. The van der Waals surface area contributed by atoms with Gasteiger partial charge in [-0.05, 0) is 67.7 Å². The van der Waals surface area contributed by atoms with Crippen LogP contribution in [-0.2, 0) is 16.7 Å². The van der Waals surface area contributed by atoms with E-state index in [4.69, 9.17) is 12.2 Å². The molecule has 0 unspecified atom stereocenters. The van der Waals surface area contributed by atoms with E-state index < -0.39 is 15.8 Å². The molecule has 4 aromatic rings. The number of rotatable bonds is 5. The number of piperazine rings is 1. The van der Waals surface area contributed by atoms with Crippen molar-refractivity contribution in [3.63, 3.8) is 0 Å². The summed E-state index contributed by atoms with van der Waals surface area (Å²) in [5.41, 5.74) is 4.27. The molecule has 0 spiro atoms. The molecular weight excluding hydrogens is 471 g/mol. The lowest BCUT2D eigenvalue weighted by molar-refractivity contribution is 0.153. The molecule has 0 radical (unpaired) electrons. The minimum Gasteiger partial charge on any atom is -0.303 e. The van der Waals surface area contributed by atoms with Crippen LogP contribution < -0.4 is 0 Å². The molecule has 0 amide bonds. The fraction of sp³-hybridized carbons (Fsp3) is 0.240. The molecule has 6 nitrogen and oxygen atoms in total. The van der Waals surface area contributed by atoms with Crippen LogP contribution in [0.25, 0.3) is 16.7 Å². The molecule has 0 aliphatic carbocycles. The Kier molecular flexibility index (Phi) is 6.11. The van der Waals surface area contributed by atoms with Gasteiger partial charge in [-0.2, -0.15) is 4.31 Å². The number of halogens is 1. The van der Waals surface area contributed by atoms with Gasteiger partial charge in [-0.3, -0.25) is 9.47 Å². The average Bonchev–Trinajstić information content (AvgIpc) is 3.11. The summed E-state index contributed by atoms with van der Waals surface area (Å²) < 4.78 is 45.4. The van der Waals surface area contributed by atoms with Crippen molar-refractivity contribution in [3.05, 3.63) is 88.9 Å². The first kappa shape index (κ1) is 22.9. The first-order valence-electron chi connectivity index (χ1n) is 11.1. The van der Waals surface area contributed by atoms with Gasteiger partial charge in [0.25, 0.3) is 0 Å². The van der Waals surface area contributed by atoms with Crippen molar-refractivity contribution in [2.75, 3.05) is 26.2 Å². The second-order valence-corrected chi connectivity index (χ2v) is 10.8. The highest BCUT2D eigenvalue weighted by Gasteiger charge is 2.29. The van der Waals surface area contributed by atoms with E-state index in [1.54, 1.807) is 0 Å². The molecule has 1 aliphatic rings. The number of fused-ring (bicyclic) bond motifs is 1. The van der Waals surface area contributed by atoms with Crippen molar-refractivity contribution < 1.29 is 12.8 Å². The molecule has 0 atom stereocenters. The lowest BCUT2D eigenvalue weighted by Gasteiger charge is -2.34. The topological polar surface area (TPSA) is 50.5 Å². The zero-order chi connectivity index (χ0) is 23.9. The molecule has 1 aromatic heterocycles. The molecule has 0 bridgehead atoms. The third kappa shape index (κ3) is 4.20. The summed E-state index contributed by atoms with van der Waals surface area (Å²) in [5, 5.41) is 0. The van der Waals surface area contributed by atoms with Crippen LogP contribution in [0, 0.1) is 17.5 Å². The minimum atomic E-state index is -3.64. The Labute approximate surface area is 203 Å². The Balaban J connectivity index is 1.38. The fourth-order valence-corrected chi connectivity index (χ4v) is 6.14. The number of hydrogen-bond acceptors (Lipinski definition) is 4. The maximum absolute atomic E-state index is 13.2. The largest absolute Gasteiger partial charge is 0.303 e. The standard InChI is InChI=1S/C25H25FN4O2S2/c1-19-6-10-21(11-7-19)30-24-5-3-2-4-23(24)29(25(30)33)18-27-14-16-28(17-15-27)34(31,32)22-12-8-20(26)9-13-22/h2-13H,14-18H2,1H3. The third-order valence-corrected chi connectivity index (χ3v) is 8.57. The summed E-state index contributed by atoms with van der Waals surface area (Å²) >= 11 is 5.90. The van der Waals surface area contributed by atoms with Crippen LogP contribution in [0.5, 0.6) is 0 Å². The number of para-hydroxylation sites is 2. The van der Waals surface area contributed by atoms with E-state index in [1.807, 2.05) is 12.1 Å². The van der Waals surface area contributed by atoms with E-state index >= 15 is 0 Å². The number of benzene rings is 3. The number of sulfonamides is 1. The Morgan fingerprint density at radius 1 is 0.853 bits per heavy atom. The van der Waals surface area contributed by atoms with Gasteiger partial charge in [0.15, 0.2) is 4.77 Å². The highest BCUT2D eigenvalue weighted by molar-refractivity contribution is 7.89. The predicted molar refractivity (Wildman–Crippen MR) is 134 cm³/mol. The van der Waals surface area contributed by atoms with Crippen LogP contribution in [0.2, 0.25) is 0 Å². The van der Waals surface area contributed by atoms with E-state index in [1.165, 1.54) is 34.1 Å². The van der Waals surface area contributed by atoms with Crippen molar-refractivity contribution >= 4 is 33.3 Å². The first-order chi connectivity index (χ1) is 16.3. The highest BCUT2D eigenvalue weighted by atomic mass is 32.2. The van der Waals surface area contributed by atoms with Gasteiger partial charge in [-0.15, -0.1) is 0 Å². The second-order valence-electron chi connectivity index (χ2n) is 8.49. The van der Waals surface area contributed by atoms with Gasteiger partial charge in [-0.1, -0.05) is 29.8 Å². The average molecular weight is 497 g/mol. The molecule has 176 valence electrons. The quantitative estimate of drug-likeness (QED) is 0.380. The van der Waals surface area contributed by atoms with Crippen molar-refractivity contribution in [1.82, 2.24) is 18.3 Å². The minimum absolute atomic E-state index is 0.116. The van der Waals surface area contributed by atoms with E-state index in [2.05, 4.69) is 57.4 Å². The molecule has 1 saturated heterocycles. The van der Waals surface area contributed by atoms with E-state index in [-0.39, 0.29) is 4.90 Å². The van der Waals surface area contributed by atoms with Gasteiger partial charge in [0.2, 0.25) is 10.0 Å². The summed E-state index contributed by atoms with van der Waals surface area (Å²) in [6.07, 6.45) is 0. The number of aromatic nitrogens is 2. The van der Waals surface area contributed by atoms with Crippen molar-refractivity contribution in [1.29, 1.82) is 0 Å². The molecule has 0 N–H and O–H groups in total. The molecule has 5 rings (SSSR count). The monoisotopic (exact) mass is 496 g/mol. The Bertz CT molecular complexity index is 1480. The molecule has 2 heterocycles. The number of nitrogens with zero attached hydrogens (tertiary/aromatic N) is 4. The Morgan fingerprint density at radius 3 is 2.12 bits per heavy atom. The first-order valence-corrected chi connectivity index (χ1v) is 12.9. The lowest BCUT2D eigenvalue weighted by Crippen LogP contribution is -2.48. The van der Waals surface area contributed by atoms with Crippen LogP contribution in [0.4, 0.5) is 4.39 Å². The van der Waals surface area contributed by atoms with Gasteiger partial charge >= 0.3 is 0 Å². The van der Waals surface area contributed by atoms with Gasteiger partial charge in [0.1, 0.15) is 5.82 Å². The van der Waals surface area contributed by atoms with Crippen LogP contribution >= 0.6 is 12.2 Å². The second kappa shape index (κ2) is 9.07. The summed E-state index contributed by atoms with van der Waals surface area (Å²) in [6, 6.07) is 21.4. The summed E-state index contributed by atoms with van der Waals surface area (Å²) in [4.78, 5) is 2.32. The molecular formula is C25H25FN4O2S2. The lowest BCUT2D eigenvalue weighted by atomic mass is 10.2. The highest BCUT2D eigenvalue weighted by Crippen LogP contribution is 2.24. The summed E-state index contributed by atoms with van der Waals surface area (Å²) in [7, 11) is -3.64. The van der Waals surface area contributed by atoms with Crippen molar-refractivity contribution in [2.45, 2.75) is 18.5 Å². The maximum Gasteiger partial charge on any atom is 0.243 e. The van der Waals surface area contributed by atoms with Crippen molar-refractivity contribution in [3.8, 4) is 5.69 Å². The van der Waals surface area contributed by atoms with Crippen LogP contribution in [0.3, 0.4) is 0 Å². The third-order valence-electron chi connectivity index (χ3n) is 6.25. The molecule has 0 saturated carbocycles. The maximum atomic E-state index is 13.2.